The van der Waals surface area contributed by atoms with Crippen LogP contribution in [0.1, 0.15) is 6.42 Å². The van der Waals surface area contributed by atoms with Gasteiger partial charge in [0, 0.05) is 13.0 Å². The minimum absolute atomic E-state index is 0.0956. The first-order chi connectivity index (χ1) is 8.22. The Balaban J connectivity index is 2.25. The van der Waals surface area contributed by atoms with E-state index in [4.69, 9.17) is 11.6 Å². The van der Waals surface area contributed by atoms with Gasteiger partial charge in [0.2, 0.25) is 5.91 Å². The molecule has 0 aliphatic carbocycles. The van der Waals surface area contributed by atoms with E-state index in [0.29, 0.717) is 29.2 Å². The average Bonchev–Trinajstić information content (AvgIpc) is 2.78. The molecule has 5 nitrogen and oxygen atoms in total. The van der Waals surface area contributed by atoms with Crippen molar-refractivity contribution in [2.45, 2.75) is 6.42 Å². The summed E-state index contributed by atoms with van der Waals surface area (Å²) in [6.07, 6.45) is 0.390. The summed E-state index contributed by atoms with van der Waals surface area (Å²) in [5, 5.41) is 6.15. The van der Waals surface area contributed by atoms with Gasteiger partial charge in [0.1, 0.15) is 11.0 Å². The Morgan fingerprint density at radius 3 is 3.06 bits per heavy atom. The van der Waals surface area contributed by atoms with Gasteiger partial charge in [-0.2, -0.15) is 8.75 Å². The maximum absolute atomic E-state index is 11.6. The van der Waals surface area contributed by atoms with Crippen LogP contribution in [0.2, 0.25) is 5.02 Å². The lowest BCUT2D eigenvalue weighted by Crippen LogP contribution is -2.19. The fourth-order valence-corrected chi connectivity index (χ4v) is 2.13. The molecular weight excluding hydrogens is 260 g/mol. The molecule has 1 aromatic heterocycles. The van der Waals surface area contributed by atoms with E-state index in [9.17, 15) is 4.79 Å². The van der Waals surface area contributed by atoms with Gasteiger partial charge in [-0.1, -0.05) is 11.6 Å². The van der Waals surface area contributed by atoms with E-state index in [1.165, 1.54) is 0 Å². The summed E-state index contributed by atoms with van der Waals surface area (Å²) >= 11 is 7.14. The quantitative estimate of drug-likeness (QED) is 0.890. The van der Waals surface area contributed by atoms with Gasteiger partial charge in [0.25, 0.3) is 0 Å². The van der Waals surface area contributed by atoms with Gasteiger partial charge in [-0.25, -0.2) is 0 Å². The Bertz CT molecular complexity index is 542. The first-order valence-electron chi connectivity index (χ1n) is 5.07. The number of fused-ring (bicyclic) bond motifs is 1. The van der Waals surface area contributed by atoms with Crippen molar-refractivity contribution < 1.29 is 4.79 Å². The molecule has 2 aromatic rings. The summed E-state index contributed by atoms with van der Waals surface area (Å²) in [5.41, 5.74) is 1.92. The molecule has 0 saturated heterocycles. The summed E-state index contributed by atoms with van der Waals surface area (Å²) in [7, 11) is 1.80. The molecule has 0 spiro atoms. The molecule has 0 atom stereocenters. The highest BCUT2D eigenvalue weighted by atomic mass is 35.5. The maximum atomic E-state index is 11.6. The maximum Gasteiger partial charge on any atom is 0.225 e. The largest absolute Gasteiger partial charge is 0.323 e. The fraction of sp³-hybridized carbons (Fsp3) is 0.300. The zero-order valence-corrected chi connectivity index (χ0v) is 10.7. The number of nitrogens with zero attached hydrogens (tertiary/aromatic N) is 2. The number of hydrogen-bond donors (Lipinski definition) is 2. The summed E-state index contributed by atoms with van der Waals surface area (Å²) in [4.78, 5) is 11.6. The molecular formula is C10H11ClN4OS. The van der Waals surface area contributed by atoms with Crippen molar-refractivity contribution in [1.82, 2.24) is 14.1 Å². The number of benzene rings is 1. The first-order valence-corrected chi connectivity index (χ1v) is 6.18. The predicted molar refractivity (Wildman–Crippen MR) is 69.6 cm³/mol. The van der Waals surface area contributed by atoms with Crippen LogP contribution in [0.4, 0.5) is 5.69 Å². The second-order valence-electron chi connectivity index (χ2n) is 3.46. The second kappa shape index (κ2) is 5.39. The molecule has 7 heteroatoms. The Labute approximate surface area is 107 Å². The third-order valence-corrected chi connectivity index (χ3v) is 3.10. The Hall–Kier alpha value is -1.24. The van der Waals surface area contributed by atoms with Crippen molar-refractivity contribution in [1.29, 1.82) is 0 Å². The third-order valence-electron chi connectivity index (χ3n) is 2.24. The lowest BCUT2D eigenvalue weighted by atomic mass is 10.2. The molecule has 2 N–H and O–H groups in total. The van der Waals surface area contributed by atoms with Crippen molar-refractivity contribution in [3.63, 3.8) is 0 Å². The molecule has 90 valence electrons. The number of hydrogen-bond acceptors (Lipinski definition) is 5. The summed E-state index contributed by atoms with van der Waals surface area (Å²) in [6, 6.07) is 3.49. The van der Waals surface area contributed by atoms with Gasteiger partial charge in [0.05, 0.1) is 22.4 Å². The van der Waals surface area contributed by atoms with Crippen LogP contribution in [-0.2, 0) is 4.79 Å². The molecule has 0 saturated carbocycles. The summed E-state index contributed by atoms with van der Waals surface area (Å²) < 4.78 is 8.23. The first kappa shape index (κ1) is 12.2. The third kappa shape index (κ3) is 2.71. The molecule has 1 amide bonds. The highest BCUT2D eigenvalue weighted by Crippen LogP contribution is 2.29. The van der Waals surface area contributed by atoms with Gasteiger partial charge < -0.3 is 10.6 Å². The highest BCUT2D eigenvalue weighted by Gasteiger charge is 2.12. The summed E-state index contributed by atoms with van der Waals surface area (Å²) in [6.45, 7) is 0.620. The van der Waals surface area contributed by atoms with Crippen LogP contribution in [0.15, 0.2) is 12.1 Å². The number of amides is 1. The lowest BCUT2D eigenvalue weighted by Gasteiger charge is -2.07. The number of rotatable bonds is 4. The highest BCUT2D eigenvalue weighted by molar-refractivity contribution is 7.00. The normalized spacial score (nSPS) is 10.7. The standard InChI is InChI=1S/C10H11ClN4OS/c1-12-5-4-8(16)13-9-6(11)2-3-7-10(9)15-17-14-7/h2-3,12H,4-5H2,1H3,(H,13,16). The number of carbonyl (C=O) groups excluding carboxylic acids is 1. The predicted octanol–water partition coefficient (Wildman–Crippen LogP) is 1.89. The van der Waals surface area contributed by atoms with Crippen molar-refractivity contribution >= 4 is 46.0 Å². The number of carbonyl (C=O) groups is 1. The van der Waals surface area contributed by atoms with Crippen LogP contribution in [0.25, 0.3) is 11.0 Å². The molecule has 0 fully saturated rings. The van der Waals surface area contributed by atoms with Crippen molar-refractivity contribution in [3.8, 4) is 0 Å². The zero-order valence-electron chi connectivity index (χ0n) is 9.16. The van der Waals surface area contributed by atoms with Crippen LogP contribution < -0.4 is 10.6 Å². The van der Waals surface area contributed by atoms with E-state index >= 15 is 0 Å². The Morgan fingerprint density at radius 2 is 2.29 bits per heavy atom. The van der Waals surface area contributed by atoms with Crippen LogP contribution in [0.5, 0.6) is 0 Å². The number of nitrogens with one attached hydrogen (secondary N) is 2. The molecule has 0 radical (unpaired) electrons. The van der Waals surface area contributed by atoms with E-state index in [0.717, 1.165) is 17.2 Å². The molecule has 17 heavy (non-hydrogen) atoms. The molecule has 0 unspecified atom stereocenters. The van der Waals surface area contributed by atoms with Gasteiger partial charge in [-0.3, -0.25) is 4.79 Å². The van der Waals surface area contributed by atoms with E-state index in [-0.39, 0.29) is 5.91 Å². The van der Waals surface area contributed by atoms with E-state index in [1.54, 1.807) is 19.2 Å². The molecule has 0 aliphatic heterocycles. The average molecular weight is 271 g/mol. The number of aromatic nitrogens is 2. The number of anilines is 1. The second-order valence-corrected chi connectivity index (χ2v) is 4.39. The molecule has 1 heterocycles. The molecule has 1 aromatic carbocycles. The summed E-state index contributed by atoms with van der Waals surface area (Å²) in [5.74, 6) is -0.0956. The van der Waals surface area contributed by atoms with Crippen molar-refractivity contribution in [2.75, 3.05) is 18.9 Å². The van der Waals surface area contributed by atoms with Gasteiger partial charge in [0.15, 0.2) is 0 Å². The van der Waals surface area contributed by atoms with Crippen molar-refractivity contribution in [2.24, 2.45) is 0 Å². The van der Waals surface area contributed by atoms with Gasteiger partial charge in [-0.15, -0.1) is 0 Å². The number of halogens is 1. The van der Waals surface area contributed by atoms with Gasteiger partial charge in [-0.05, 0) is 19.2 Å². The van der Waals surface area contributed by atoms with Crippen LogP contribution in [0.3, 0.4) is 0 Å². The SMILES string of the molecule is CNCCC(=O)Nc1c(Cl)ccc2nsnc12. The smallest absolute Gasteiger partial charge is 0.225 e. The molecule has 0 aliphatic rings. The van der Waals surface area contributed by atoms with E-state index in [2.05, 4.69) is 19.4 Å². The Morgan fingerprint density at radius 1 is 1.47 bits per heavy atom. The van der Waals surface area contributed by atoms with E-state index in [1.807, 2.05) is 0 Å². The fourth-order valence-electron chi connectivity index (χ4n) is 1.39. The van der Waals surface area contributed by atoms with Crippen molar-refractivity contribution in [3.05, 3.63) is 17.2 Å². The van der Waals surface area contributed by atoms with Gasteiger partial charge >= 0.3 is 0 Å². The molecule has 0 bridgehead atoms. The van der Waals surface area contributed by atoms with Crippen LogP contribution in [0, 0.1) is 0 Å². The van der Waals surface area contributed by atoms with E-state index < -0.39 is 0 Å². The Kier molecular flexibility index (Phi) is 3.88. The van der Waals surface area contributed by atoms with Crippen LogP contribution in [-0.4, -0.2) is 28.2 Å². The minimum atomic E-state index is -0.0956. The minimum Gasteiger partial charge on any atom is -0.323 e. The van der Waals surface area contributed by atoms with Crippen LogP contribution >= 0.6 is 23.3 Å². The topological polar surface area (TPSA) is 66.9 Å². The lowest BCUT2D eigenvalue weighted by molar-refractivity contribution is -0.116. The zero-order chi connectivity index (χ0) is 12.3. The molecule has 2 rings (SSSR count). The monoisotopic (exact) mass is 270 g/mol.